The summed E-state index contributed by atoms with van der Waals surface area (Å²) in [6, 6.07) is 12.4. The number of carbonyl (C=O) groups excluding carboxylic acids is 2. The van der Waals surface area contributed by atoms with Crippen molar-refractivity contribution in [1.29, 1.82) is 0 Å². The third kappa shape index (κ3) is 4.06. The van der Waals surface area contributed by atoms with E-state index >= 15 is 4.39 Å². The molecular weight excluding hydrogens is 507 g/mol. The van der Waals surface area contributed by atoms with Crippen molar-refractivity contribution >= 4 is 50.1 Å². The summed E-state index contributed by atoms with van der Waals surface area (Å²) in [5.74, 6) is -1.54. The molecule has 5 aromatic rings. The topological polar surface area (TPSA) is 101 Å². The van der Waals surface area contributed by atoms with Gasteiger partial charge in [-0.15, -0.1) is 0 Å². The number of halogens is 1. The second kappa shape index (κ2) is 9.05. The molecule has 3 aromatic carbocycles. The summed E-state index contributed by atoms with van der Waals surface area (Å²) in [5.41, 5.74) is 9.85. The maximum absolute atomic E-state index is 16.0. The minimum absolute atomic E-state index is 0.102. The lowest BCUT2D eigenvalue weighted by molar-refractivity contribution is -0.156. The number of aromatic amines is 1. The van der Waals surface area contributed by atoms with E-state index in [4.69, 9.17) is 15.5 Å². The van der Waals surface area contributed by atoms with Crippen LogP contribution < -0.4 is 10.6 Å². The van der Waals surface area contributed by atoms with Crippen LogP contribution in [0.25, 0.3) is 43.7 Å². The fourth-order valence-corrected chi connectivity index (χ4v) is 6.05. The highest BCUT2D eigenvalue weighted by Crippen LogP contribution is 2.47. The molecule has 0 aliphatic carbocycles. The first-order valence-electron chi connectivity index (χ1n) is 13.4. The number of anilines is 1. The average Bonchev–Trinajstić information content (AvgIpc) is 3.27. The van der Waals surface area contributed by atoms with Crippen LogP contribution in [-0.4, -0.2) is 40.5 Å². The second-order valence-corrected chi connectivity index (χ2v) is 11.6. The van der Waals surface area contributed by atoms with E-state index in [1.54, 1.807) is 0 Å². The lowest BCUT2D eigenvalue weighted by atomic mass is 9.85. The number of hydrogen-bond donors (Lipinski definition) is 2. The van der Waals surface area contributed by atoms with Gasteiger partial charge in [0.2, 0.25) is 0 Å². The first kappa shape index (κ1) is 25.8. The van der Waals surface area contributed by atoms with Crippen LogP contribution in [0, 0.1) is 12.7 Å². The number of nitrogens with two attached hydrogens (primary N) is 1. The number of rotatable bonds is 3. The normalized spacial score (nSPS) is 15.6. The van der Waals surface area contributed by atoms with Gasteiger partial charge >= 0.3 is 5.97 Å². The van der Waals surface area contributed by atoms with Gasteiger partial charge in [0, 0.05) is 40.7 Å². The van der Waals surface area contributed by atoms with Crippen LogP contribution in [0.5, 0.6) is 0 Å². The van der Waals surface area contributed by atoms with E-state index in [-0.39, 0.29) is 11.5 Å². The largest absolute Gasteiger partial charge is 0.458 e. The second-order valence-electron chi connectivity index (χ2n) is 11.6. The number of esters is 1. The van der Waals surface area contributed by atoms with Gasteiger partial charge in [0.1, 0.15) is 17.5 Å². The van der Waals surface area contributed by atoms with Crippen molar-refractivity contribution in [3.05, 3.63) is 71.3 Å². The van der Waals surface area contributed by atoms with Gasteiger partial charge in [-0.2, -0.15) is 0 Å². The Morgan fingerprint density at radius 1 is 1.15 bits per heavy atom. The number of benzene rings is 3. The maximum atomic E-state index is 16.0. The number of ether oxygens (including phenoxy) is 1. The monoisotopic (exact) mass is 538 g/mol. The smallest absolute Gasteiger partial charge is 0.329 e. The molecule has 0 bridgehead atoms. The fourth-order valence-electron chi connectivity index (χ4n) is 6.05. The third-order valence-electron chi connectivity index (χ3n) is 7.66. The number of hydrogen-bond acceptors (Lipinski definition) is 5. The van der Waals surface area contributed by atoms with Crippen molar-refractivity contribution in [1.82, 2.24) is 9.97 Å². The van der Waals surface area contributed by atoms with Gasteiger partial charge in [-0.1, -0.05) is 24.3 Å². The zero-order chi connectivity index (χ0) is 28.5. The number of carbonyl (C=O) groups is 2. The standard InChI is InChI=1S/C32H31FN4O3/c1-16-12-21-26(23(33)13-22(30(34)38)28(21)36-16)20-14-24-27(18-9-7-6-8-17(18)15-35-24)29-19(20)10-11-25(37(29)5)31(39)40-32(2,3)4/h6-9,12-15,25,36H,10-11H2,1-5H3,(H2,34,38). The molecule has 0 spiro atoms. The van der Waals surface area contributed by atoms with Crippen molar-refractivity contribution in [3.8, 4) is 11.1 Å². The molecular formula is C32H31FN4O3. The van der Waals surface area contributed by atoms with Crippen molar-refractivity contribution in [2.24, 2.45) is 5.73 Å². The molecule has 1 aliphatic rings. The molecule has 1 amide bonds. The molecule has 0 radical (unpaired) electrons. The zero-order valence-corrected chi connectivity index (χ0v) is 23.2. The molecule has 0 saturated heterocycles. The number of aromatic nitrogens is 2. The van der Waals surface area contributed by atoms with Crippen molar-refractivity contribution in [2.75, 3.05) is 11.9 Å². The van der Waals surface area contributed by atoms with E-state index < -0.39 is 23.4 Å². The first-order chi connectivity index (χ1) is 18.9. The summed E-state index contributed by atoms with van der Waals surface area (Å²) in [6.45, 7) is 7.43. The predicted molar refractivity (Wildman–Crippen MR) is 156 cm³/mol. The highest BCUT2D eigenvalue weighted by atomic mass is 19.1. The number of pyridine rings is 1. The molecule has 6 rings (SSSR count). The Kier molecular flexibility index (Phi) is 5.83. The Balaban J connectivity index is 1.69. The van der Waals surface area contributed by atoms with Gasteiger partial charge in [0.15, 0.2) is 0 Å². The predicted octanol–water partition coefficient (Wildman–Crippen LogP) is 6.18. The van der Waals surface area contributed by atoms with Gasteiger partial charge in [-0.25, -0.2) is 9.18 Å². The number of nitrogens with zero attached hydrogens (tertiary/aromatic N) is 2. The quantitative estimate of drug-likeness (QED) is 0.211. The molecule has 3 heterocycles. The average molecular weight is 539 g/mol. The summed E-state index contributed by atoms with van der Waals surface area (Å²) in [7, 11) is 1.89. The van der Waals surface area contributed by atoms with Crippen molar-refractivity contribution < 1.29 is 18.7 Å². The van der Waals surface area contributed by atoms with Crippen molar-refractivity contribution in [2.45, 2.75) is 52.2 Å². The molecule has 1 atom stereocenters. The number of likely N-dealkylation sites (N-methyl/N-ethyl adjacent to an activating group) is 1. The molecule has 1 unspecified atom stereocenters. The van der Waals surface area contributed by atoms with Gasteiger partial charge in [-0.05, 0) is 75.2 Å². The van der Waals surface area contributed by atoms with Crippen LogP contribution in [0.4, 0.5) is 10.1 Å². The molecule has 204 valence electrons. The molecule has 3 N–H and O–H groups in total. The molecule has 0 saturated carbocycles. The Hall–Kier alpha value is -4.46. The van der Waals surface area contributed by atoms with Crippen LogP contribution in [0.2, 0.25) is 0 Å². The molecule has 7 nitrogen and oxygen atoms in total. The Morgan fingerprint density at radius 2 is 1.90 bits per heavy atom. The number of primary amides is 1. The van der Waals surface area contributed by atoms with Crippen LogP contribution in [0.3, 0.4) is 0 Å². The van der Waals surface area contributed by atoms with Crippen LogP contribution in [0.1, 0.15) is 48.8 Å². The summed E-state index contributed by atoms with van der Waals surface area (Å²) in [5, 5.41) is 3.45. The minimum Gasteiger partial charge on any atom is -0.458 e. The summed E-state index contributed by atoms with van der Waals surface area (Å²) < 4.78 is 21.8. The number of aryl methyl sites for hydroxylation is 1. The SMILES string of the molecule is Cc1cc2c(-c3cc4ncc5ccccc5c4c4c3CCC(C(=O)OC(C)(C)C)N4C)c(F)cc(C(N)=O)c2[nH]1. The van der Waals surface area contributed by atoms with Gasteiger partial charge in [0.05, 0.1) is 22.3 Å². The van der Waals surface area contributed by atoms with E-state index in [0.29, 0.717) is 40.4 Å². The summed E-state index contributed by atoms with van der Waals surface area (Å²) >= 11 is 0. The molecule has 8 heteroatoms. The van der Waals surface area contributed by atoms with E-state index in [1.165, 1.54) is 6.07 Å². The molecule has 2 aromatic heterocycles. The van der Waals surface area contributed by atoms with Crippen LogP contribution in [-0.2, 0) is 16.0 Å². The Labute approximate surface area is 231 Å². The summed E-state index contributed by atoms with van der Waals surface area (Å²) in [6.07, 6.45) is 2.84. The first-order valence-corrected chi connectivity index (χ1v) is 13.4. The van der Waals surface area contributed by atoms with Gasteiger partial charge in [-0.3, -0.25) is 9.78 Å². The number of nitrogens with one attached hydrogen (secondary N) is 1. The summed E-state index contributed by atoms with van der Waals surface area (Å²) in [4.78, 5) is 35.4. The lowest BCUT2D eigenvalue weighted by Crippen LogP contribution is -2.45. The molecule has 0 fully saturated rings. The number of H-pyrrole nitrogens is 1. The Morgan fingerprint density at radius 3 is 2.62 bits per heavy atom. The highest BCUT2D eigenvalue weighted by Gasteiger charge is 2.36. The van der Waals surface area contributed by atoms with E-state index in [1.807, 2.05) is 82.2 Å². The van der Waals surface area contributed by atoms with Crippen LogP contribution >= 0.6 is 0 Å². The van der Waals surface area contributed by atoms with Crippen molar-refractivity contribution in [3.63, 3.8) is 0 Å². The number of fused-ring (bicyclic) bond motifs is 6. The molecule has 40 heavy (non-hydrogen) atoms. The van der Waals surface area contributed by atoms with E-state index in [0.717, 1.165) is 33.1 Å². The zero-order valence-electron chi connectivity index (χ0n) is 23.2. The maximum Gasteiger partial charge on any atom is 0.329 e. The van der Waals surface area contributed by atoms with Gasteiger partial charge < -0.3 is 20.4 Å². The third-order valence-corrected chi connectivity index (χ3v) is 7.66. The minimum atomic E-state index is -0.703. The van der Waals surface area contributed by atoms with Gasteiger partial charge in [0.25, 0.3) is 5.91 Å². The lowest BCUT2D eigenvalue weighted by Gasteiger charge is -2.38. The fraction of sp³-hybridized carbons (Fsp3) is 0.281. The highest BCUT2D eigenvalue weighted by molar-refractivity contribution is 6.17. The number of amides is 1. The van der Waals surface area contributed by atoms with E-state index in [9.17, 15) is 9.59 Å². The Bertz CT molecular complexity index is 1870. The molecule has 1 aliphatic heterocycles. The van der Waals surface area contributed by atoms with E-state index in [2.05, 4.69) is 4.98 Å². The van der Waals surface area contributed by atoms with Crippen LogP contribution in [0.15, 0.2) is 48.7 Å².